The Hall–Kier alpha value is -2.22. The van der Waals surface area contributed by atoms with Gasteiger partial charge >= 0.3 is 0 Å². The molecule has 0 N–H and O–H groups in total. The second kappa shape index (κ2) is 9.52. The lowest BCUT2D eigenvalue weighted by Crippen LogP contribution is -2.24. The van der Waals surface area contributed by atoms with Crippen molar-refractivity contribution in [1.82, 2.24) is 19.7 Å². The molecular formula is C20H23Cl2N5O2. The van der Waals surface area contributed by atoms with Crippen molar-refractivity contribution >= 4 is 45.3 Å². The van der Waals surface area contributed by atoms with Crippen LogP contribution in [-0.2, 0) is 36.1 Å². The fourth-order valence-electron chi connectivity index (χ4n) is 3.19. The van der Waals surface area contributed by atoms with Crippen molar-refractivity contribution in [2.75, 3.05) is 12.2 Å². The number of anilines is 1. The van der Waals surface area contributed by atoms with E-state index in [0.29, 0.717) is 29.6 Å². The highest BCUT2D eigenvalue weighted by Crippen LogP contribution is 2.28. The van der Waals surface area contributed by atoms with Gasteiger partial charge in [-0.3, -0.25) is 14.3 Å². The monoisotopic (exact) mass is 435 g/mol. The normalized spacial score (nSPS) is 11.2. The molecule has 154 valence electrons. The number of hydrogen-bond acceptors (Lipinski definition) is 6. The molecule has 2 heterocycles. The summed E-state index contributed by atoms with van der Waals surface area (Å²) in [5.41, 5.74) is 3.41. The first-order valence-corrected chi connectivity index (χ1v) is 10.2. The van der Waals surface area contributed by atoms with E-state index >= 15 is 0 Å². The zero-order chi connectivity index (χ0) is 21.0. The van der Waals surface area contributed by atoms with Crippen molar-refractivity contribution < 1.29 is 9.63 Å². The van der Waals surface area contributed by atoms with Crippen LogP contribution in [0.25, 0.3) is 11.0 Å². The van der Waals surface area contributed by atoms with E-state index in [1.54, 1.807) is 16.9 Å². The lowest BCUT2D eigenvalue weighted by molar-refractivity contribution is -0.111. The second-order valence-corrected chi connectivity index (χ2v) is 7.54. The van der Waals surface area contributed by atoms with Crippen LogP contribution in [0.3, 0.4) is 0 Å². The Bertz CT molecular complexity index is 1020. The number of nitrogens with zero attached hydrogens (tertiary/aromatic N) is 5. The standard InChI is InChI=1S/C20H23Cl2N5O2/c1-4-6-15-18-19(26(2)25-15)20(24-17(23-18)10-9-16(22)28)27(29-3)12-13-7-5-8-14(21)11-13/h5,7-8,11H,4,6,9-10,12H2,1-3H3. The predicted octanol–water partition coefficient (Wildman–Crippen LogP) is 4.24. The van der Waals surface area contributed by atoms with Gasteiger partial charge in [-0.15, -0.1) is 0 Å². The summed E-state index contributed by atoms with van der Waals surface area (Å²) in [5.74, 6) is 1.12. The number of fused-ring (bicyclic) bond motifs is 1. The first kappa shape index (κ1) is 21.5. The van der Waals surface area contributed by atoms with E-state index in [4.69, 9.17) is 28.0 Å². The molecule has 0 saturated carbocycles. The van der Waals surface area contributed by atoms with E-state index in [-0.39, 0.29) is 6.42 Å². The van der Waals surface area contributed by atoms with Gasteiger partial charge in [0.25, 0.3) is 0 Å². The lowest BCUT2D eigenvalue weighted by atomic mass is 10.2. The molecule has 0 bridgehead atoms. The number of hydroxylamine groups is 1. The van der Waals surface area contributed by atoms with Crippen LogP contribution in [0.15, 0.2) is 24.3 Å². The summed E-state index contributed by atoms with van der Waals surface area (Å²) in [5, 5.41) is 6.54. The molecule has 0 saturated heterocycles. The van der Waals surface area contributed by atoms with Gasteiger partial charge in [0.15, 0.2) is 5.82 Å². The summed E-state index contributed by atoms with van der Waals surface area (Å²) in [7, 11) is 3.45. The number of aryl methyl sites for hydroxylation is 3. The number of carbonyl (C=O) groups is 1. The van der Waals surface area contributed by atoms with Gasteiger partial charge in [0.05, 0.1) is 19.3 Å². The van der Waals surface area contributed by atoms with Crippen molar-refractivity contribution in [3.63, 3.8) is 0 Å². The molecule has 0 radical (unpaired) electrons. The van der Waals surface area contributed by atoms with Gasteiger partial charge in [-0.25, -0.2) is 15.0 Å². The third-order valence-electron chi connectivity index (χ3n) is 4.48. The number of hydrogen-bond donors (Lipinski definition) is 0. The summed E-state index contributed by atoms with van der Waals surface area (Å²) >= 11 is 11.7. The fraction of sp³-hybridized carbons (Fsp3) is 0.400. The molecular weight excluding hydrogens is 413 g/mol. The largest absolute Gasteiger partial charge is 0.281 e. The van der Waals surface area contributed by atoms with Crippen LogP contribution in [0.5, 0.6) is 0 Å². The first-order valence-electron chi connectivity index (χ1n) is 9.39. The predicted molar refractivity (Wildman–Crippen MR) is 114 cm³/mol. The van der Waals surface area contributed by atoms with Gasteiger partial charge in [0.1, 0.15) is 16.9 Å². The average molecular weight is 436 g/mol. The molecule has 0 amide bonds. The molecule has 29 heavy (non-hydrogen) atoms. The summed E-state index contributed by atoms with van der Waals surface area (Å²) in [6.45, 7) is 2.53. The van der Waals surface area contributed by atoms with E-state index in [1.807, 2.05) is 31.3 Å². The summed E-state index contributed by atoms with van der Waals surface area (Å²) in [4.78, 5) is 26.3. The third-order valence-corrected chi connectivity index (χ3v) is 4.91. The van der Waals surface area contributed by atoms with Crippen LogP contribution >= 0.6 is 23.2 Å². The average Bonchev–Trinajstić information content (AvgIpc) is 3.00. The molecule has 0 aliphatic rings. The highest BCUT2D eigenvalue weighted by atomic mass is 35.5. The van der Waals surface area contributed by atoms with Gasteiger partial charge in [0, 0.05) is 24.9 Å². The van der Waals surface area contributed by atoms with Crippen LogP contribution in [0.1, 0.15) is 36.8 Å². The van der Waals surface area contributed by atoms with Crippen LogP contribution in [0, 0.1) is 0 Å². The topological polar surface area (TPSA) is 73.1 Å². The van der Waals surface area contributed by atoms with Crippen molar-refractivity contribution in [1.29, 1.82) is 0 Å². The lowest BCUT2D eigenvalue weighted by Gasteiger charge is -2.22. The minimum absolute atomic E-state index is 0.164. The smallest absolute Gasteiger partial charge is 0.222 e. The molecule has 0 aliphatic heterocycles. The Balaban J connectivity index is 2.10. The molecule has 0 fully saturated rings. The van der Waals surface area contributed by atoms with E-state index in [2.05, 4.69) is 22.0 Å². The first-order chi connectivity index (χ1) is 13.9. The molecule has 1 aromatic carbocycles. The summed E-state index contributed by atoms with van der Waals surface area (Å²) in [6.07, 6.45) is 2.25. The molecule has 2 aromatic heterocycles. The molecule has 0 atom stereocenters. The zero-order valence-corrected chi connectivity index (χ0v) is 18.2. The van der Waals surface area contributed by atoms with Gasteiger partial charge in [-0.05, 0) is 35.7 Å². The van der Waals surface area contributed by atoms with Crippen molar-refractivity contribution in [2.45, 2.75) is 39.2 Å². The summed E-state index contributed by atoms with van der Waals surface area (Å²) < 4.78 is 1.77. The van der Waals surface area contributed by atoms with Crippen LogP contribution < -0.4 is 5.06 Å². The van der Waals surface area contributed by atoms with Crippen LogP contribution in [-0.4, -0.2) is 32.1 Å². The Morgan fingerprint density at radius 1 is 1.28 bits per heavy atom. The highest BCUT2D eigenvalue weighted by molar-refractivity contribution is 6.63. The van der Waals surface area contributed by atoms with Gasteiger partial charge in [-0.1, -0.05) is 37.1 Å². The maximum atomic E-state index is 11.2. The molecule has 9 heteroatoms. The van der Waals surface area contributed by atoms with Gasteiger partial charge < -0.3 is 0 Å². The number of halogens is 2. The maximum Gasteiger partial charge on any atom is 0.222 e. The van der Waals surface area contributed by atoms with Crippen LogP contribution in [0.2, 0.25) is 5.02 Å². The SMILES string of the molecule is CCCc1nn(C)c2c(N(Cc3cccc(Cl)c3)OC)nc(CCC(=O)Cl)nc12. The summed E-state index contributed by atoms with van der Waals surface area (Å²) in [6, 6.07) is 7.56. The molecule has 3 aromatic rings. The number of benzene rings is 1. The quantitative estimate of drug-likeness (QED) is 0.369. The zero-order valence-electron chi connectivity index (χ0n) is 16.7. The minimum Gasteiger partial charge on any atom is -0.281 e. The van der Waals surface area contributed by atoms with E-state index < -0.39 is 5.24 Å². The Labute approximate surface area is 179 Å². The van der Waals surface area contributed by atoms with Gasteiger partial charge in [-0.2, -0.15) is 5.10 Å². The minimum atomic E-state index is -0.419. The molecule has 7 nitrogen and oxygen atoms in total. The van der Waals surface area contributed by atoms with E-state index in [0.717, 1.165) is 35.1 Å². The van der Waals surface area contributed by atoms with Crippen molar-refractivity contribution in [2.24, 2.45) is 7.05 Å². The molecule has 0 spiro atoms. The maximum absolute atomic E-state index is 11.2. The Kier molecular flexibility index (Phi) is 7.05. The third kappa shape index (κ3) is 5.04. The Morgan fingerprint density at radius 3 is 2.72 bits per heavy atom. The number of carbonyl (C=O) groups excluding carboxylic acids is 1. The number of rotatable bonds is 9. The van der Waals surface area contributed by atoms with Crippen LogP contribution in [0.4, 0.5) is 5.82 Å². The second-order valence-electron chi connectivity index (χ2n) is 6.69. The molecule has 0 aliphatic carbocycles. The Morgan fingerprint density at radius 2 is 2.07 bits per heavy atom. The molecule has 3 rings (SSSR count). The fourth-order valence-corrected chi connectivity index (χ4v) is 3.50. The molecule has 0 unspecified atom stereocenters. The van der Waals surface area contributed by atoms with E-state index in [9.17, 15) is 4.79 Å². The van der Waals surface area contributed by atoms with Crippen molar-refractivity contribution in [3.8, 4) is 0 Å². The number of aromatic nitrogens is 4. The highest BCUT2D eigenvalue weighted by Gasteiger charge is 2.22. The van der Waals surface area contributed by atoms with Gasteiger partial charge in [0.2, 0.25) is 5.24 Å². The van der Waals surface area contributed by atoms with E-state index in [1.165, 1.54) is 0 Å². The van der Waals surface area contributed by atoms with Crippen molar-refractivity contribution in [3.05, 3.63) is 46.4 Å².